The lowest BCUT2D eigenvalue weighted by Gasteiger charge is -2.19. The van der Waals surface area contributed by atoms with Gasteiger partial charge in [0.1, 0.15) is 5.82 Å². The van der Waals surface area contributed by atoms with Crippen LogP contribution in [-0.4, -0.2) is 35.1 Å². The summed E-state index contributed by atoms with van der Waals surface area (Å²) in [6.07, 6.45) is -0.776. The molecule has 2 aromatic carbocycles. The molecule has 2 aromatic heterocycles. The van der Waals surface area contributed by atoms with E-state index in [1.165, 1.54) is 10.7 Å². The van der Waals surface area contributed by atoms with Gasteiger partial charge in [-0.3, -0.25) is 4.68 Å². The topological polar surface area (TPSA) is 119 Å². The fraction of sp³-hybridized carbons (Fsp3) is 0.190. The Morgan fingerprint density at radius 3 is 2.87 bits per heavy atom. The monoisotopic (exact) mass is 448 g/mol. The highest BCUT2D eigenvalue weighted by Crippen LogP contribution is 2.28. The second-order valence-corrected chi connectivity index (χ2v) is 8.01. The zero-order valence-corrected chi connectivity index (χ0v) is 17.1. The van der Waals surface area contributed by atoms with Gasteiger partial charge in [-0.1, -0.05) is 6.07 Å². The number of aromatic nitrogens is 4. The van der Waals surface area contributed by atoms with Gasteiger partial charge in [-0.15, -0.1) is 0 Å². The van der Waals surface area contributed by atoms with E-state index in [0.717, 1.165) is 12.1 Å². The number of primary sulfonamides is 1. The Hall–Kier alpha value is -3.50. The number of anilines is 4. The standard InChI is InChI=1S/C21H23N7O2S/c1-13-5-6-15(11-19(13)31(22,29)30)24-21-23-10-9-20(25-21)27(3)16-7-8-17-14(2)28(4)26-18(17)12-16/h5-12H,1-4H3,(H2,22,29,30)(H,23,24,25)/i1D3,3D3,7D,8D,9D,10D,12D. The molecule has 31 heavy (non-hydrogen) atoms. The number of nitrogens with two attached hydrogens (primary N) is 1. The van der Waals surface area contributed by atoms with E-state index in [0.29, 0.717) is 10.6 Å². The van der Waals surface area contributed by atoms with Gasteiger partial charge in [0, 0.05) is 50.9 Å². The Bertz CT molecular complexity index is 1850. The van der Waals surface area contributed by atoms with Gasteiger partial charge >= 0.3 is 0 Å². The van der Waals surface area contributed by atoms with Gasteiger partial charge < -0.3 is 10.2 Å². The number of nitrogens with one attached hydrogen (secondary N) is 1. The zero-order valence-electron chi connectivity index (χ0n) is 27.3. The molecule has 0 amide bonds. The minimum atomic E-state index is -4.51. The summed E-state index contributed by atoms with van der Waals surface area (Å²) in [6.45, 7) is -4.39. The van der Waals surface area contributed by atoms with Crippen molar-refractivity contribution in [3.05, 3.63) is 59.8 Å². The van der Waals surface area contributed by atoms with Gasteiger partial charge in [0.15, 0.2) is 0 Å². The molecule has 0 aliphatic rings. The van der Waals surface area contributed by atoms with Crippen LogP contribution in [0.3, 0.4) is 0 Å². The van der Waals surface area contributed by atoms with Crippen LogP contribution in [0, 0.1) is 13.8 Å². The smallest absolute Gasteiger partial charge is 0.238 e. The lowest BCUT2D eigenvalue weighted by Crippen LogP contribution is -2.14. The second-order valence-electron chi connectivity index (χ2n) is 6.48. The molecule has 4 aromatic rings. The number of fused-ring (bicyclic) bond motifs is 1. The Morgan fingerprint density at radius 1 is 1.29 bits per heavy atom. The number of benzene rings is 2. The maximum Gasteiger partial charge on any atom is 0.238 e. The van der Waals surface area contributed by atoms with Gasteiger partial charge in [0.25, 0.3) is 0 Å². The van der Waals surface area contributed by atoms with E-state index in [1.807, 2.05) is 0 Å². The molecule has 160 valence electrons. The number of rotatable bonds is 5. The highest BCUT2D eigenvalue weighted by atomic mass is 32.2. The average Bonchev–Trinajstić information content (AvgIpc) is 3.15. The predicted octanol–water partition coefficient (Wildman–Crippen LogP) is 3.14. The van der Waals surface area contributed by atoms with Crippen molar-refractivity contribution in [2.75, 3.05) is 17.2 Å². The summed E-state index contributed by atoms with van der Waals surface area (Å²) in [5, 5.41) is 12.1. The Labute approximate surface area is 196 Å². The van der Waals surface area contributed by atoms with Crippen molar-refractivity contribution in [2.24, 2.45) is 12.2 Å². The first-order chi connectivity index (χ1) is 19.1. The second kappa shape index (κ2) is 7.64. The minimum absolute atomic E-state index is 0.0600. The summed E-state index contributed by atoms with van der Waals surface area (Å²) in [7, 11) is -2.96. The van der Waals surface area contributed by atoms with Crippen molar-refractivity contribution in [3.8, 4) is 0 Å². The number of nitrogens with zero attached hydrogens (tertiary/aromatic N) is 5. The van der Waals surface area contributed by atoms with Crippen LogP contribution in [0.4, 0.5) is 23.1 Å². The summed E-state index contributed by atoms with van der Waals surface area (Å²) in [5.41, 5.74) is -0.852. The van der Waals surface area contributed by atoms with Gasteiger partial charge in [0.05, 0.1) is 17.3 Å². The van der Waals surface area contributed by atoms with Crippen LogP contribution < -0.4 is 15.4 Å². The molecule has 0 atom stereocenters. The van der Waals surface area contributed by atoms with E-state index in [-0.39, 0.29) is 16.6 Å². The molecule has 0 saturated carbocycles. The molecular weight excluding hydrogens is 414 g/mol. The van der Waals surface area contributed by atoms with Crippen LogP contribution in [0.2, 0.25) is 0 Å². The summed E-state index contributed by atoms with van der Waals surface area (Å²) < 4.78 is 115. The summed E-state index contributed by atoms with van der Waals surface area (Å²) in [6, 6.07) is 0.678. The Kier molecular flexibility index (Phi) is 2.76. The maximum atomic E-state index is 12.1. The van der Waals surface area contributed by atoms with Crippen LogP contribution >= 0.6 is 0 Å². The largest absolute Gasteiger partial charge is 0.329 e. The first kappa shape index (κ1) is 11.2. The first-order valence-electron chi connectivity index (χ1n) is 14.2. The summed E-state index contributed by atoms with van der Waals surface area (Å²) >= 11 is 0. The van der Waals surface area contributed by atoms with E-state index < -0.39 is 82.1 Å². The highest BCUT2D eigenvalue weighted by molar-refractivity contribution is 7.89. The predicted molar refractivity (Wildman–Crippen MR) is 121 cm³/mol. The van der Waals surface area contributed by atoms with Crippen LogP contribution in [0.25, 0.3) is 10.9 Å². The summed E-state index contributed by atoms with van der Waals surface area (Å²) in [5.74, 6) is -1.22. The third kappa shape index (κ3) is 4.07. The average molecular weight is 449 g/mol. The maximum absolute atomic E-state index is 12.1. The molecule has 0 saturated heterocycles. The molecule has 0 unspecified atom stereocenters. The molecule has 9 nitrogen and oxygen atoms in total. The fourth-order valence-corrected chi connectivity index (χ4v) is 3.40. The molecule has 3 N–H and O–H groups in total. The van der Waals surface area contributed by atoms with E-state index in [9.17, 15) is 8.42 Å². The van der Waals surface area contributed by atoms with Gasteiger partial charge in [-0.25, -0.2) is 18.5 Å². The van der Waals surface area contributed by atoms with Crippen molar-refractivity contribution in [2.45, 2.75) is 18.7 Å². The van der Waals surface area contributed by atoms with Gasteiger partial charge in [-0.05, 0) is 55.6 Å². The van der Waals surface area contributed by atoms with Crippen molar-refractivity contribution in [1.82, 2.24) is 19.7 Å². The molecule has 4 rings (SSSR count). The van der Waals surface area contributed by atoms with Crippen molar-refractivity contribution in [1.29, 1.82) is 0 Å². The van der Waals surface area contributed by atoms with Crippen LogP contribution in [0.15, 0.2) is 53.4 Å². The van der Waals surface area contributed by atoms with E-state index in [4.69, 9.17) is 20.2 Å². The molecule has 0 spiro atoms. The number of hydrogen-bond acceptors (Lipinski definition) is 7. The van der Waals surface area contributed by atoms with Crippen molar-refractivity contribution < 1.29 is 23.5 Å². The number of aryl methyl sites for hydroxylation is 3. The third-order valence-corrected chi connectivity index (χ3v) is 5.35. The van der Waals surface area contributed by atoms with Crippen LogP contribution in [0.5, 0.6) is 0 Å². The van der Waals surface area contributed by atoms with Crippen molar-refractivity contribution in [3.63, 3.8) is 0 Å². The lowest BCUT2D eigenvalue weighted by atomic mass is 10.2. The normalized spacial score (nSPS) is 17.6. The number of sulfonamides is 1. The molecule has 0 fully saturated rings. The third-order valence-electron chi connectivity index (χ3n) is 4.40. The van der Waals surface area contributed by atoms with Gasteiger partial charge in [0.2, 0.25) is 16.0 Å². The Balaban J connectivity index is 1.93. The van der Waals surface area contributed by atoms with Gasteiger partial charge in [-0.2, -0.15) is 10.1 Å². The molecular formula is C21H23N7O2S. The first-order valence-corrected chi connectivity index (χ1v) is 10.2. The van der Waals surface area contributed by atoms with E-state index in [2.05, 4.69) is 20.4 Å². The quantitative estimate of drug-likeness (QED) is 0.481. The van der Waals surface area contributed by atoms with E-state index in [1.54, 1.807) is 14.0 Å². The molecule has 0 bridgehead atoms. The van der Waals surface area contributed by atoms with Crippen LogP contribution in [0.1, 0.15) is 26.3 Å². The molecule has 10 heteroatoms. The SMILES string of the molecule is [2H]c1nc(Nc2ccc(C([2H])([2H])[2H])c(S(N)(=O)=O)c2)nc(N(c2c([2H])c([2H])c3c(C)n(C)nc3c2[2H])C([2H])([2H])[2H])c1[2H]. The number of hydrogen-bond donors (Lipinski definition) is 2. The highest BCUT2D eigenvalue weighted by Gasteiger charge is 2.14. The van der Waals surface area contributed by atoms with Crippen molar-refractivity contribution >= 4 is 44.1 Å². The lowest BCUT2D eigenvalue weighted by molar-refractivity contribution is 0.597. The molecule has 0 aliphatic carbocycles. The summed E-state index contributed by atoms with van der Waals surface area (Å²) in [4.78, 5) is 7.51. The molecule has 0 aliphatic heterocycles. The fourth-order valence-electron chi connectivity index (χ4n) is 2.74. The zero-order chi connectivity index (χ0) is 31.7. The molecule has 2 heterocycles. The Morgan fingerprint density at radius 2 is 2.13 bits per heavy atom. The molecule has 0 radical (unpaired) electrons. The minimum Gasteiger partial charge on any atom is -0.329 e. The van der Waals surface area contributed by atoms with E-state index >= 15 is 0 Å². The van der Waals surface area contributed by atoms with Crippen LogP contribution in [-0.2, 0) is 17.1 Å².